The molecule has 0 aliphatic heterocycles. The number of rotatable bonds is 3. The van der Waals surface area contributed by atoms with E-state index in [0.717, 1.165) is 0 Å². The number of nitrogens with two attached hydrogens (primary N) is 1. The highest BCUT2D eigenvalue weighted by Gasteiger charge is 2.30. The van der Waals surface area contributed by atoms with E-state index >= 15 is 0 Å². The van der Waals surface area contributed by atoms with Crippen LogP contribution in [0.1, 0.15) is 63.0 Å². The summed E-state index contributed by atoms with van der Waals surface area (Å²) < 4.78 is 36.4. The molecule has 1 rings (SSSR count). The Balaban J connectivity index is 3.86. The van der Waals surface area contributed by atoms with E-state index in [0.29, 0.717) is 11.1 Å². The summed E-state index contributed by atoms with van der Waals surface area (Å²) >= 11 is 0. The van der Waals surface area contributed by atoms with Crippen LogP contribution < -0.4 is 9.92 Å². The van der Waals surface area contributed by atoms with Gasteiger partial charge in [0.15, 0.2) is 5.75 Å². The van der Waals surface area contributed by atoms with E-state index in [2.05, 4.69) is 0 Å². The maximum atomic E-state index is 11.6. The highest BCUT2D eigenvalue weighted by atomic mass is 32.3. The molecule has 22 heavy (non-hydrogen) atoms. The monoisotopic (exact) mass is 329 g/mol. The van der Waals surface area contributed by atoms with Crippen LogP contribution in [0.4, 0.5) is 0 Å². The Labute approximate surface area is 131 Å². The average Bonchev–Trinajstić information content (AvgIpc) is 2.23. The molecule has 0 saturated carbocycles. The van der Waals surface area contributed by atoms with Crippen molar-refractivity contribution in [1.29, 1.82) is 0 Å². The molecule has 0 bridgehead atoms. The summed E-state index contributed by atoms with van der Waals surface area (Å²) in [5, 5.41) is 0. The molecule has 0 atom stereocenters. The SMILES string of the molecule is CC(C)(C)c1cc(C(N)=O)cc(C(C)(C)C)c1OS(=O)(=O)O. The molecule has 0 heterocycles. The number of amides is 1. The molecule has 0 saturated heterocycles. The van der Waals surface area contributed by atoms with Gasteiger partial charge in [0.25, 0.3) is 0 Å². The topological polar surface area (TPSA) is 107 Å². The zero-order chi connectivity index (χ0) is 17.5. The number of benzene rings is 1. The lowest BCUT2D eigenvalue weighted by molar-refractivity contribution is 0.1000. The minimum atomic E-state index is -4.69. The van der Waals surface area contributed by atoms with Gasteiger partial charge in [0.05, 0.1) is 0 Å². The van der Waals surface area contributed by atoms with Crippen LogP contribution in [0.3, 0.4) is 0 Å². The number of carbonyl (C=O) groups is 1. The highest BCUT2D eigenvalue weighted by molar-refractivity contribution is 7.81. The van der Waals surface area contributed by atoms with Crippen molar-refractivity contribution >= 4 is 16.3 Å². The second-order valence-corrected chi connectivity index (χ2v) is 8.30. The zero-order valence-electron chi connectivity index (χ0n) is 13.7. The lowest BCUT2D eigenvalue weighted by atomic mass is 9.78. The predicted molar refractivity (Wildman–Crippen MR) is 84.5 cm³/mol. The largest absolute Gasteiger partial charge is 0.446 e. The molecule has 0 spiro atoms. The maximum Gasteiger partial charge on any atom is 0.446 e. The summed E-state index contributed by atoms with van der Waals surface area (Å²) in [7, 11) is -4.69. The quantitative estimate of drug-likeness (QED) is 0.829. The average molecular weight is 329 g/mol. The standard InChI is InChI=1S/C15H23NO5S/c1-14(2,3)10-7-9(13(16)17)8-11(15(4,5)6)12(10)21-22(18,19)20/h7-8H,1-6H3,(H2,16,17)(H,18,19,20). The predicted octanol–water partition coefficient (Wildman–Crippen LogP) is 2.56. The minimum Gasteiger partial charge on any atom is -0.366 e. The molecule has 7 heteroatoms. The van der Waals surface area contributed by atoms with E-state index < -0.39 is 27.1 Å². The number of primary amides is 1. The van der Waals surface area contributed by atoms with Gasteiger partial charge in [-0.15, -0.1) is 0 Å². The molecule has 0 aliphatic carbocycles. The Hall–Kier alpha value is -1.60. The molecule has 0 aromatic heterocycles. The van der Waals surface area contributed by atoms with E-state index in [9.17, 15) is 13.2 Å². The minimum absolute atomic E-state index is 0.0347. The lowest BCUT2D eigenvalue weighted by Gasteiger charge is -2.29. The fourth-order valence-electron chi connectivity index (χ4n) is 2.08. The molecule has 0 fully saturated rings. The molecule has 3 N–H and O–H groups in total. The van der Waals surface area contributed by atoms with E-state index in [4.69, 9.17) is 14.5 Å². The maximum absolute atomic E-state index is 11.6. The fourth-order valence-corrected chi connectivity index (χ4v) is 2.47. The number of hydrogen-bond acceptors (Lipinski definition) is 4. The lowest BCUT2D eigenvalue weighted by Crippen LogP contribution is -2.24. The van der Waals surface area contributed by atoms with Gasteiger partial charge in [-0.1, -0.05) is 41.5 Å². The van der Waals surface area contributed by atoms with Crippen LogP contribution in [0.2, 0.25) is 0 Å². The normalized spacial score (nSPS) is 13.0. The van der Waals surface area contributed by atoms with Crippen molar-refractivity contribution in [3.8, 4) is 5.75 Å². The number of carbonyl (C=O) groups excluding carboxylic acids is 1. The van der Waals surface area contributed by atoms with Crippen molar-refractivity contribution in [2.24, 2.45) is 5.73 Å². The molecule has 1 aromatic rings. The molecule has 6 nitrogen and oxygen atoms in total. The van der Waals surface area contributed by atoms with Crippen molar-refractivity contribution in [2.45, 2.75) is 52.4 Å². The molecule has 0 aliphatic rings. The van der Waals surface area contributed by atoms with Gasteiger partial charge in [-0.25, -0.2) is 0 Å². The van der Waals surface area contributed by atoms with Crippen LogP contribution >= 0.6 is 0 Å². The molecule has 1 aromatic carbocycles. The van der Waals surface area contributed by atoms with Crippen LogP contribution in [0.15, 0.2) is 12.1 Å². The second kappa shape index (κ2) is 5.55. The molecular weight excluding hydrogens is 306 g/mol. The summed E-state index contributed by atoms with van der Waals surface area (Å²) in [6.07, 6.45) is 0. The van der Waals surface area contributed by atoms with E-state index in [1.807, 2.05) is 41.5 Å². The third kappa shape index (κ3) is 4.45. The summed E-state index contributed by atoms with van der Waals surface area (Å²) in [5.74, 6) is -0.582. The van der Waals surface area contributed by atoms with Gasteiger partial charge in [0, 0.05) is 16.7 Å². The first-order valence-electron chi connectivity index (χ1n) is 6.78. The van der Waals surface area contributed by atoms with Crippen molar-refractivity contribution in [1.82, 2.24) is 0 Å². The van der Waals surface area contributed by atoms with E-state index in [-0.39, 0.29) is 11.3 Å². The summed E-state index contributed by atoms with van der Waals surface area (Å²) in [6, 6.07) is 3.00. The van der Waals surface area contributed by atoms with Crippen LogP contribution in [0.5, 0.6) is 5.75 Å². The van der Waals surface area contributed by atoms with E-state index in [1.165, 1.54) is 12.1 Å². The Kier molecular flexibility index (Phi) is 4.65. The van der Waals surface area contributed by atoms with Gasteiger partial charge in [0.2, 0.25) is 5.91 Å². The number of hydrogen-bond donors (Lipinski definition) is 2. The first-order valence-corrected chi connectivity index (χ1v) is 8.15. The van der Waals surface area contributed by atoms with Gasteiger partial charge in [-0.2, -0.15) is 8.42 Å². The van der Waals surface area contributed by atoms with Gasteiger partial charge < -0.3 is 9.92 Å². The third-order valence-electron chi connectivity index (χ3n) is 3.18. The molecule has 0 radical (unpaired) electrons. The first-order chi connectivity index (χ1) is 9.63. The fraction of sp³-hybridized carbons (Fsp3) is 0.533. The van der Waals surface area contributed by atoms with Crippen molar-refractivity contribution in [2.75, 3.05) is 0 Å². The van der Waals surface area contributed by atoms with Crippen molar-refractivity contribution < 1.29 is 21.9 Å². The van der Waals surface area contributed by atoms with Gasteiger partial charge in [-0.05, 0) is 23.0 Å². The van der Waals surface area contributed by atoms with Gasteiger partial charge >= 0.3 is 10.4 Å². The third-order valence-corrected chi connectivity index (χ3v) is 3.56. The van der Waals surface area contributed by atoms with Gasteiger partial charge in [-0.3, -0.25) is 9.35 Å². The molecule has 1 amide bonds. The molecule has 124 valence electrons. The van der Waals surface area contributed by atoms with E-state index in [1.54, 1.807) is 0 Å². The summed E-state index contributed by atoms with van der Waals surface area (Å²) in [4.78, 5) is 11.6. The van der Waals surface area contributed by atoms with Crippen molar-refractivity contribution in [3.63, 3.8) is 0 Å². The summed E-state index contributed by atoms with van der Waals surface area (Å²) in [5.41, 5.74) is 5.54. The molecule has 0 unspecified atom stereocenters. The Morgan fingerprint density at radius 1 is 1.05 bits per heavy atom. The van der Waals surface area contributed by atoms with Crippen LogP contribution in [-0.2, 0) is 21.2 Å². The highest BCUT2D eigenvalue weighted by Crippen LogP contribution is 2.41. The van der Waals surface area contributed by atoms with Crippen LogP contribution in [-0.4, -0.2) is 18.9 Å². The first kappa shape index (κ1) is 18.4. The zero-order valence-corrected chi connectivity index (χ0v) is 14.5. The van der Waals surface area contributed by atoms with Gasteiger partial charge in [0.1, 0.15) is 0 Å². The van der Waals surface area contributed by atoms with Crippen LogP contribution in [0.25, 0.3) is 0 Å². The Morgan fingerprint density at radius 2 is 1.41 bits per heavy atom. The van der Waals surface area contributed by atoms with Crippen molar-refractivity contribution in [3.05, 3.63) is 28.8 Å². The van der Waals surface area contributed by atoms with Crippen LogP contribution in [0, 0.1) is 0 Å². The summed E-state index contributed by atoms with van der Waals surface area (Å²) in [6.45, 7) is 11.1. The molecular formula is C15H23NO5S. The second-order valence-electron chi connectivity index (χ2n) is 7.28. The smallest absolute Gasteiger partial charge is 0.366 e. The Morgan fingerprint density at radius 3 is 1.64 bits per heavy atom. The Bertz CT molecular complexity index is 659.